The predicted molar refractivity (Wildman–Crippen MR) is 72.7 cm³/mol. The van der Waals surface area contributed by atoms with Crippen molar-refractivity contribution in [3.63, 3.8) is 0 Å². The number of hydrogen-bond donors (Lipinski definition) is 1. The van der Waals surface area contributed by atoms with E-state index >= 15 is 0 Å². The van der Waals surface area contributed by atoms with Crippen molar-refractivity contribution in [2.45, 2.75) is 38.7 Å². The highest BCUT2D eigenvalue weighted by molar-refractivity contribution is 7.86. The van der Waals surface area contributed by atoms with Crippen molar-refractivity contribution < 1.29 is 17.1 Å². The Labute approximate surface area is 119 Å². The second-order valence-electron chi connectivity index (χ2n) is 5.45. The summed E-state index contributed by atoms with van der Waals surface area (Å²) in [6.45, 7) is 5.55. The van der Waals surface area contributed by atoms with Crippen molar-refractivity contribution in [2.75, 3.05) is 19.3 Å². The molecule has 1 atom stereocenters. The van der Waals surface area contributed by atoms with Crippen LogP contribution in [0.4, 0.5) is 0 Å². The molecule has 2 heterocycles. The predicted octanol–water partition coefficient (Wildman–Crippen LogP) is 1.21. The molecule has 2 rings (SSSR count). The van der Waals surface area contributed by atoms with Gasteiger partial charge in [0, 0.05) is 5.92 Å². The Hall–Kier alpha value is -0.990. The summed E-state index contributed by atoms with van der Waals surface area (Å²) in [5, 5.41) is 7.14. The first kappa shape index (κ1) is 15.4. The van der Waals surface area contributed by atoms with Crippen molar-refractivity contribution in [3.05, 3.63) is 11.7 Å². The Kier molecular flexibility index (Phi) is 4.77. The molecule has 114 valence electrons. The van der Waals surface area contributed by atoms with Crippen molar-refractivity contribution in [1.82, 2.24) is 15.5 Å². The van der Waals surface area contributed by atoms with Crippen LogP contribution in [0, 0.1) is 5.92 Å². The quantitative estimate of drug-likeness (QED) is 0.817. The first-order valence-corrected chi connectivity index (χ1v) is 8.61. The fourth-order valence-corrected chi connectivity index (χ4v) is 2.88. The van der Waals surface area contributed by atoms with Crippen LogP contribution >= 0.6 is 0 Å². The largest absolute Gasteiger partial charge is 0.339 e. The maximum absolute atomic E-state index is 11.5. The van der Waals surface area contributed by atoms with Gasteiger partial charge in [0.2, 0.25) is 11.7 Å². The van der Waals surface area contributed by atoms with Crippen molar-refractivity contribution in [2.24, 2.45) is 5.92 Å². The fraction of sp³-hybridized carbons (Fsp3) is 0.833. The summed E-state index contributed by atoms with van der Waals surface area (Å²) in [5.41, 5.74) is 0. The maximum atomic E-state index is 11.5. The molecule has 0 saturated carbocycles. The van der Waals surface area contributed by atoms with Gasteiger partial charge in [-0.25, -0.2) is 0 Å². The molecule has 1 N–H and O–H groups in total. The second kappa shape index (κ2) is 6.19. The van der Waals surface area contributed by atoms with Crippen LogP contribution in [0.15, 0.2) is 4.52 Å². The van der Waals surface area contributed by atoms with E-state index in [1.54, 1.807) is 0 Å². The smallest absolute Gasteiger partial charge is 0.265 e. The van der Waals surface area contributed by atoms with E-state index in [9.17, 15) is 8.42 Å². The minimum atomic E-state index is -3.57. The van der Waals surface area contributed by atoms with E-state index in [0.29, 0.717) is 11.7 Å². The van der Waals surface area contributed by atoms with E-state index in [-0.39, 0.29) is 11.8 Å². The van der Waals surface area contributed by atoms with E-state index in [1.807, 2.05) is 13.8 Å². The molecule has 0 radical (unpaired) electrons. The summed E-state index contributed by atoms with van der Waals surface area (Å²) in [7, 11) is -3.57. The van der Waals surface area contributed by atoms with Crippen LogP contribution in [-0.2, 0) is 14.3 Å². The molecule has 7 nitrogen and oxygen atoms in total. The number of piperidine rings is 1. The topological polar surface area (TPSA) is 94.3 Å². The molecule has 0 bridgehead atoms. The molecule has 1 unspecified atom stereocenters. The van der Waals surface area contributed by atoms with Crippen LogP contribution in [0.2, 0.25) is 0 Å². The molecule has 0 aliphatic carbocycles. The molecule has 1 saturated heterocycles. The number of nitrogens with zero attached hydrogens (tertiary/aromatic N) is 2. The molecule has 20 heavy (non-hydrogen) atoms. The van der Waals surface area contributed by atoms with Gasteiger partial charge in [0.25, 0.3) is 10.1 Å². The molecule has 8 heteroatoms. The van der Waals surface area contributed by atoms with Crippen LogP contribution in [0.5, 0.6) is 0 Å². The Morgan fingerprint density at radius 1 is 1.35 bits per heavy atom. The number of aromatic nitrogens is 2. The molecule has 1 aliphatic rings. The third-order valence-corrected chi connectivity index (χ3v) is 3.85. The monoisotopic (exact) mass is 303 g/mol. The van der Waals surface area contributed by atoms with E-state index in [0.717, 1.165) is 32.2 Å². The first-order valence-electron chi connectivity index (χ1n) is 6.79. The zero-order chi connectivity index (χ0) is 14.8. The van der Waals surface area contributed by atoms with Gasteiger partial charge in [0.1, 0.15) is 6.10 Å². The Morgan fingerprint density at radius 3 is 2.50 bits per heavy atom. The summed E-state index contributed by atoms with van der Waals surface area (Å²) in [4.78, 5) is 4.28. The summed E-state index contributed by atoms with van der Waals surface area (Å²) in [6, 6.07) is 0. The molecule has 1 aromatic rings. The van der Waals surface area contributed by atoms with Crippen molar-refractivity contribution in [3.8, 4) is 0 Å². The van der Waals surface area contributed by atoms with E-state index in [1.165, 1.54) is 0 Å². The summed E-state index contributed by atoms with van der Waals surface area (Å²) in [5.74, 6) is 0.994. The third kappa shape index (κ3) is 4.00. The van der Waals surface area contributed by atoms with Crippen LogP contribution in [0.25, 0.3) is 0 Å². The second-order valence-corrected chi connectivity index (χ2v) is 7.05. The number of hydrogen-bond acceptors (Lipinski definition) is 7. The Balaban J connectivity index is 2.24. The fourth-order valence-electron chi connectivity index (χ4n) is 2.27. The van der Waals surface area contributed by atoms with E-state index in [2.05, 4.69) is 15.5 Å². The van der Waals surface area contributed by atoms with Crippen LogP contribution in [0.3, 0.4) is 0 Å². The molecule has 0 spiro atoms. The van der Waals surface area contributed by atoms with Gasteiger partial charge in [0.05, 0.1) is 6.26 Å². The van der Waals surface area contributed by atoms with Crippen LogP contribution in [0.1, 0.15) is 50.4 Å². The number of rotatable bonds is 5. The lowest BCUT2D eigenvalue weighted by Crippen LogP contribution is -2.32. The lowest BCUT2D eigenvalue weighted by molar-refractivity contribution is 0.110. The summed E-state index contributed by atoms with van der Waals surface area (Å²) < 4.78 is 33.3. The average Bonchev–Trinajstić information content (AvgIpc) is 2.85. The average molecular weight is 303 g/mol. The van der Waals surface area contributed by atoms with Gasteiger partial charge in [-0.3, -0.25) is 4.18 Å². The minimum Gasteiger partial charge on any atom is -0.339 e. The van der Waals surface area contributed by atoms with Crippen molar-refractivity contribution >= 4 is 10.1 Å². The Bertz CT molecular complexity index is 535. The SMILES string of the molecule is CC(C)c1nc(C(OS(C)(=O)=O)C2CCNCC2)no1. The van der Waals surface area contributed by atoms with Crippen LogP contribution in [-0.4, -0.2) is 37.9 Å². The lowest BCUT2D eigenvalue weighted by atomic mass is 9.92. The molecular formula is C12H21N3O4S. The maximum Gasteiger partial charge on any atom is 0.265 e. The van der Waals surface area contributed by atoms with Crippen molar-refractivity contribution in [1.29, 1.82) is 0 Å². The van der Waals surface area contributed by atoms with Gasteiger partial charge in [-0.05, 0) is 31.8 Å². The molecule has 1 fully saturated rings. The normalized spacial score (nSPS) is 19.4. The van der Waals surface area contributed by atoms with Gasteiger partial charge in [-0.15, -0.1) is 0 Å². The molecule has 0 amide bonds. The highest BCUT2D eigenvalue weighted by Gasteiger charge is 2.33. The van der Waals surface area contributed by atoms with Gasteiger partial charge in [-0.2, -0.15) is 13.4 Å². The lowest BCUT2D eigenvalue weighted by Gasteiger charge is -2.27. The third-order valence-electron chi connectivity index (χ3n) is 3.30. The van der Waals surface area contributed by atoms with Gasteiger partial charge >= 0.3 is 0 Å². The molecule has 1 aliphatic heterocycles. The Morgan fingerprint density at radius 2 is 2.00 bits per heavy atom. The zero-order valence-electron chi connectivity index (χ0n) is 12.0. The van der Waals surface area contributed by atoms with Gasteiger partial charge in [-0.1, -0.05) is 19.0 Å². The standard InChI is InChI=1S/C12H21N3O4S/c1-8(2)12-14-11(15-18-12)10(19-20(3,16)17)9-4-6-13-7-5-9/h8-10,13H,4-7H2,1-3H3. The highest BCUT2D eigenvalue weighted by Crippen LogP contribution is 2.32. The number of nitrogens with one attached hydrogen (secondary N) is 1. The zero-order valence-corrected chi connectivity index (χ0v) is 12.8. The summed E-state index contributed by atoms with van der Waals surface area (Å²) >= 11 is 0. The van der Waals surface area contributed by atoms with E-state index < -0.39 is 16.2 Å². The van der Waals surface area contributed by atoms with Gasteiger partial charge in [0.15, 0.2) is 0 Å². The first-order chi connectivity index (χ1) is 9.37. The summed E-state index contributed by atoms with van der Waals surface area (Å²) in [6.07, 6.45) is 2.03. The van der Waals surface area contributed by atoms with E-state index in [4.69, 9.17) is 8.71 Å². The van der Waals surface area contributed by atoms with Gasteiger partial charge < -0.3 is 9.84 Å². The van der Waals surface area contributed by atoms with Crippen LogP contribution < -0.4 is 5.32 Å². The minimum absolute atomic E-state index is 0.0728. The molecular weight excluding hydrogens is 282 g/mol. The highest BCUT2D eigenvalue weighted by atomic mass is 32.2. The molecule has 0 aromatic carbocycles. The molecule has 1 aromatic heterocycles.